The number of benzene rings is 1. The van der Waals surface area contributed by atoms with Gasteiger partial charge >= 0.3 is 12.1 Å². The molecule has 1 fully saturated rings. The monoisotopic (exact) mass is 446 g/mol. The van der Waals surface area contributed by atoms with Crippen LogP contribution in [0.15, 0.2) is 18.2 Å². The summed E-state index contributed by atoms with van der Waals surface area (Å²) in [6.07, 6.45) is 0.360. The quantitative estimate of drug-likeness (QED) is 0.572. The van der Waals surface area contributed by atoms with Crippen molar-refractivity contribution in [2.24, 2.45) is 0 Å². The summed E-state index contributed by atoms with van der Waals surface area (Å²) in [7, 11) is -0.350. The molecule has 0 unspecified atom stereocenters. The van der Waals surface area contributed by atoms with E-state index in [0.717, 1.165) is 10.9 Å². The Morgan fingerprint density at radius 1 is 1.26 bits per heavy atom. The summed E-state index contributed by atoms with van der Waals surface area (Å²) in [5.74, 6) is -0.357. The average molecular weight is 447 g/mol. The summed E-state index contributed by atoms with van der Waals surface area (Å²) < 4.78 is 16.3. The maximum absolute atomic E-state index is 12.8. The van der Waals surface area contributed by atoms with Crippen LogP contribution in [0.25, 0.3) is 10.9 Å². The lowest BCUT2D eigenvalue weighted by Crippen LogP contribution is -2.52. The Morgan fingerprint density at radius 3 is 2.58 bits per heavy atom. The van der Waals surface area contributed by atoms with Crippen molar-refractivity contribution >= 4 is 36.4 Å². The van der Waals surface area contributed by atoms with Crippen LogP contribution in [0.5, 0.6) is 0 Å². The van der Waals surface area contributed by atoms with Crippen molar-refractivity contribution in [2.45, 2.75) is 58.5 Å². The van der Waals surface area contributed by atoms with Crippen LogP contribution in [0.4, 0.5) is 4.79 Å². The topological polar surface area (TPSA) is 80.9 Å². The van der Waals surface area contributed by atoms with Crippen LogP contribution in [-0.4, -0.2) is 68.5 Å². The molecule has 0 saturated carbocycles. The molecule has 170 valence electrons. The van der Waals surface area contributed by atoms with Gasteiger partial charge in [0.2, 0.25) is 0 Å². The number of amides is 1. The number of carbonyl (C=O) groups excluding carboxylic acids is 2. The fraction of sp³-hybridized carbons (Fsp3) is 0.565. The molecule has 1 aliphatic rings. The van der Waals surface area contributed by atoms with Crippen LogP contribution >= 0.6 is 0 Å². The number of ether oxygens (including phenoxy) is 3. The fourth-order valence-corrected chi connectivity index (χ4v) is 5.62. The lowest BCUT2D eigenvalue weighted by atomic mass is 10.0. The Bertz CT molecular complexity index is 971. The molecular weight excluding hydrogens is 412 g/mol. The average Bonchev–Trinajstić information content (AvgIpc) is 3.04. The van der Waals surface area contributed by atoms with E-state index in [4.69, 9.17) is 14.2 Å². The Kier molecular flexibility index (Phi) is 6.52. The fourth-order valence-electron chi connectivity index (χ4n) is 3.97. The molecule has 0 spiro atoms. The SMILES string of the molecule is COC(=O)c1ccc2c(C[C@H]3COCCN3C(=O)OC(C)(C)C)c([Si](C)(C)C)[nH]c2c1. The molecule has 7 nitrogen and oxygen atoms in total. The van der Waals surface area contributed by atoms with Gasteiger partial charge in [-0.25, -0.2) is 9.59 Å². The second-order valence-electron chi connectivity index (χ2n) is 10.1. The van der Waals surface area contributed by atoms with E-state index < -0.39 is 13.7 Å². The van der Waals surface area contributed by atoms with Gasteiger partial charge < -0.3 is 24.1 Å². The van der Waals surface area contributed by atoms with E-state index in [9.17, 15) is 9.59 Å². The first-order valence-corrected chi connectivity index (χ1v) is 14.2. The van der Waals surface area contributed by atoms with Crippen molar-refractivity contribution in [3.63, 3.8) is 0 Å². The number of methoxy groups -OCH3 is 1. The zero-order chi connectivity index (χ0) is 23.0. The van der Waals surface area contributed by atoms with Crippen molar-refractivity contribution < 1.29 is 23.8 Å². The molecule has 31 heavy (non-hydrogen) atoms. The van der Waals surface area contributed by atoms with Gasteiger partial charge in [0.05, 0.1) is 40.0 Å². The maximum Gasteiger partial charge on any atom is 0.410 e. The van der Waals surface area contributed by atoms with Crippen LogP contribution in [-0.2, 0) is 20.6 Å². The summed E-state index contributed by atoms with van der Waals surface area (Å²) in [6.45, 7) is 14.0. The highest BCUT2D eigenvalue weighted by atomic mass is 28.3. The maximum atomic E-state index is 12.8. The van der Waals surface area contributed by atoms with Gasteiger partial charge in [-0.3, -0.25) is 0 Å². The molecule has 0 bridgehead atoms. The molecule has 0 radical (unpaired) electrons. The van der Waals surface area contributed by atoms with E-state index in [0.29, 0.717) is 31.7 Å². The Balaban J connectivity index is 1.99. The van der Waals surface area contributed by atoms with Gasteiger partial charge in [0.25, 0.3) is 0 Å². The van der Waals surface area contributed by atoms with E-state index in [1.807, 2.05) is 32.9 Å². The minimum absolute atomic E-state index is 0.113. The molecule has 1 atom stereocenters. The predicted octanol–water partition coefficient (Wildman–Crippen LogP) is 3.68. The molecule has 2 heterocycles. The number of hydrogen-bond acceptors (Lipinski definition) is 5. The van der Waals surface area contributed by atoms with Crippen LogP contribution in [0, 0.1) is 0 Å². The molecule has 1 aromatic heterocycles. The second-order valence-corrected chi connectivity index (χ2v) is 15.1. The summed E-state index contributed by atoms with van der Waals surface area (Å²) >= 11 is 0. The number of morpholine rings is 1. The molecular formula is C23H34N2O5Si. The lowest BCUT2D eigenvalue weighted by molar-refractivity contribution is -0.0318. The first kappa shape index (κ1) is 23.3. The molecule has 1 aromatic carbocycles. The van der Waals surface area contributed by atoms with Gasteiger partial charge in [0, 0.05) is 22.8 Å². The zero-order valence-corrected chi connectivity index (χ0v) is 20.6. The third-order valence-electron chi connectivity index (χ3n) is 5.37. The Labute approximate surface area is 185 Å². The number of hydrogen-bond donors (Lipinski definition) is 1. The van der Waals surface area contributed by atoms with Crippen LogP contribution in [0.2, 0.25) is 19.6 Å². The molecule has 3 rings (SSSR count). The number of nitrogens with one attached hydrogen (secondary N) is 1. The van der Waals surface area contributed by atoms with Gasteiger partial charge in [0.15, 0.2) is 0 Å². The first-order chi connectivity index (χ1) is 14.4. The third kappa shape index (κ3) is 5.30. The highest BCUT2D eigenvalue weighted by Crippen LogP contribution is 2.25. The summed E-state index contributed by atoms with van der Waals surface area (Å²) in [5.41, 5.74) is 2.07. The number of fused-ring (bicyclic) bond motifs is 1. The van der Waals surface area contributed by atoms with E-state index in [2.05, 4.69) is 24.6 Å². The standard InChI is InChI=1S/C23H34N2O5Si/c1-23(2,3)30-22(27)25-10-11-29-14-16(25)13-18-17-9-8-15(21(26)28-4)12-19(17)24-20(18)31(5,6)7/h8-9,12,16,24H,10-11,13-14H2,1-7H3/t16-/m0/s1. The second kappa shape index (κ2) is 8.67. The number of rotatable bonds is 4. The summed E-state index contributed by atoms with van der Waals surface area (Å²) in [5, 5.41) is 2.29. The molecule has 1 aliphatic heterocycles. The number of aromatic nitrogens is 1. The smallest absolute Gasteiger partial charge is 0.410 e. The Morgan fingerprint density at radius 2 is 1.97 bits per heavy atom. The van der Waals surface area contributed by atoms with E-state index in [1.54, 1.807) is 11.0 Å². The van der Waals surface area contributed by atoms with E-state index in [-0.39, 0.29) is 18.1 Å². The van der Waals surface area contributed by atoms with Crippen molar-refractivity contribution in [3.8, 4) is 0 Å². The van der Waals surface area contributed by atoms with Crippen LogP contribution in [0.3, 0.4) is 0 Å². The lowest BCUT2D eigenvalue weighted by Gasteiger charge is -2.37. The normalized spacial score (nSPS) is 17.6. The highest BCUT2D eigenvalue weighted by molar-refractivity contribution is 6.88. The number of esters is 1. The van der Waals surface area contributed by atoms with E-state index >= 15 is 0 Å². The van der Waals surface area contributed by atoms with Crippen molar-refractivity contribution in [3.05, 3.63) is 29.3 Å². The summed E-state index contributed by atoms with van der Waals surface area (Å²) in [6, 6.07) is 5.50. The van der Waals surface area contributed by atoms with Crippen LogP contribution in [0.1, 0.15) is 36.7 Å². The Hall–Kier alpha value is -2.32. The number of aromatic amines is 1. The van der Waals surface area contributed by atoms with Crippen LogP contribution < -0.4 is 5.32 Å². The predicted molar refractivity (Wildman–Crippen MR) is 124 cm³/mol. The molecule has 2 aromatic rings. The number of carbonyl (C=O) groups is 2. The largest absolute Gasteiger partial charge is 0.465 e. The first-order valence-electron chi connectivity index (χ1n) is 10.7. The molecule has 1 N–H and O–H groups in total. The number of H-pyrrole nitrogens is 1. The van der Waals surface area contributed by atoms with Gasteiger partial charge in [-0.2, -0.15) is 0 Å². The van der Waals surface area contributed by atoms with Gasteiger partial charge in [-0.05, 0) is 44.9 Å². The van der Waals surface area contributed by atoms with Crippen molar-refractivity contribution in [1.82, 2.24) is 9.88 Å². The minimum Gasteiger partial charge on any atom is -0.465 e. The van der Waals surface area contributed by atoms with Crippen molar-refractivity contribution in [1.29, 1.82) is 0 Å². The third-order valence-corrected chi connectivity index (χ3v) is 7.30. The number of nitrogens with zero attached hydrogens (tertiary/aromatic N) is 1. The molecule has 1 amide bonds. The highest BCUT2D eigenvalue weighted by Gasteiger charge is 2.34. The van der Waals surface area contributed by atoms with Crippen molar-refractivity contribution in [2.75, 3.05) is 26.9 Å². The van der Waals surface area contributed by atoms with Gasteiger partial charge in [0.1, 0.15) is 5.60 Å². The van der Waals surface area contributed by atoms with Gasteiger partial charge in [-0.1, -0.05) is 25.7 Å². The summed E-state index contributed by atoms with van der Waals surface area (Å²) in [4.78, 5) is 30.2. The van der Waals surface area contributed by atoms with Gasteiger partial charge in [-0.15, -0.1) is 0 Å². The molecule has 1 saturated heterocycles. The molecule has 8 heteroatoms. The minimum atomic E-state index is -1.73. The molecule has 0 aliphatic carbocycles. The van der Waals surface area contributed by atoms with E-state index in [1.165, 1.54) is 18.0 Å². The zero-order valence-electron chi connectivity index (χ0n) is 19.6.